The molecular formula is C25H17Cl2N3O3S. The fourth-order valence-electron chi connectivity index (χ4n) is 2.93. The summed E-state index contributed by atoms with van der Waals surface area (Å²) in [7, 11) is 0. The predicted molar refractivity (Wildman–Crippen MR) is 136 cm³/mol. The molecule has 2 heterocycles. The number of hydrogen-bond acceptors (Lipinski definition) is 5. The average Bonchev–Trinajstić information content (AvgIpc) is 3.53. The molecule has 0 aliphatic rings. The lowest BCUT2D eigenvalue weighted by Crippen LogP contribution is -2.32. The lowest BCUT2D eigenvalue weighted by atomic mass is 10.2. The van der Waals surface area contributed by atoms with Crippen LogP contribution in [0.3, 0.4) is 0 Å². The van der Waals surface area contributed by atoms with Crippen molar-refractivity contribution in [2.75, 3.05) is 0 Å². The number of halogens is 2. The standard InChI is InChI=1S/C25H17Cl2N3O3S/c26-17-8-10-21(27)20(13-17)23-11-9-18(33-23)15-28-30-25(32)22(14-19-7-4-12-34-19)29-24(31)16-5-2-1-3-6-16/h1-15H,(H,29,31)(H,30,32)/b22-14-,28-15-. The molecule has 0 atom stereocenters. The molecule has 4 rings (SSSR count). The van der Waals surface area contributed by atoms with Crippen LogP contribution in [0.4, 0.5) is 0 Å². The maximum atomic E-state index is 12.8. The molecule has 0 radical (unpaired) electrons. The van der Waals surface area contributed by atoms with E-state index in [0.717, 1.165) is 4.88 Å². The van der Waals surface area contributed by atoms with Gasteiger partial charge < -0.3 is 9.73 Å². The highest BCUT2D eigenvalue weighted by Crippen LogP contribution is 2.31. The summed E-state index contributed by atoms with van der Waals surface area (Å²) in [6, 6.07) is 20.8. The van der Waals surface area contributed by atoms with E-state index >= 15 is 0 Å². The van der Waals surface area contributed by atoms with Crippen molar-refractivity contribution in [1.82, 2.24) is 10.7 Å². The summed E-state index contributed by atoms with van der Waals surface area (Å²) in [6.45, 7) is 0. The minimum Gasteiger partial charge on any atom is -0.455 e. The summed E-state index contributed by atoms with van der Waals surface area (Å²) in [4.78, 5) is 26.1. The van der Waals surface area contributed by atoms with Crippen molar-refractivity contribution < 1.29 is 14.0 Å². The lowest BCUT2D eigenvalue weighted by Gasteiger charge is -2.08. The molecule has 2 aromatic heterocycles. The summed E-state index contributed by atoms with van der Waals surface area (Å²) in [6.07, 6.45) is 2.93. The van der Waals surface area contributed by atoms with Crippen LogP contribution < -0.4 is 10.7 Å². The molecule has 2 N–H and O–H groups in total. The van der Waals surface area contributed by atoms with Gasteiger partial charge in [-0.15, -0.1) is 11.3 Å². The Balaban J connectivity index is 1.47. The molecule has 0 saturated heterocycles. The maximum Gasteiger partial charge on any atom is 0.287 e. The van der Waals surface area contributed by atoms with Crippen molar-refractivity contribution in [3.05, 3.63) is 110 Å². The monoisotopic (exact) mass is 509 g/mol. The molecule has 0 fully saturated rings. The zero-order valence-corrected chi connectivity index (χ0v) is 19.8. The number of nitrogens with zero attached hydrogens (tertiary/aromatic N) is 1. The van der Waals surface area contributed by atoms with Crippen molar-refractivity contribution in [1.29, 1.82) is 0 Å². The Bertz CT molecular complexity index is 1360. The molecule has 0 bridgehead atoms. The van der Waals surface area contributed by atoms with Crippen LogP contribution in [0.5, 0.6) is 0 Å². The fourth-order valence-corrected chi connectivity index (χ4v) is 3.97. The van der Waals surface area contributed by atoms with E-state index in [9.17, 15) is 9.59 Å². The number of carbonyl (C=O) groups is 2. The molecule has 170 valence electrons. The number of amides is 2. The van der Waals surface area contributed by atoms with Gasteiger partial charge in [0.05, 0.1) is 11.2 Å². The highest BCUT2D eigenvalue weighted by Gasteiger charge is 2.15. The second kappa shape index (κ2) is 11.0. The molecule has 0 aliphatic heterocycles. The van der Waals surface area contributed by atoms with E-state index in [1.807, 2.05) is 17.5 Å². The molecule has 0 aliphatic carbocycles. The first-order valence-electron chi connectivity index (χ1n) is 10.00. The van der Waals surface area contributed by atoms with Gasteiger partial charge in [0.25, 0.3) is 11.8 Å². The van der Waals surface area contributed by atoms with Crippen molar-refractivity contribution in [3.8, 4) is 11.3 Å². The number of nitrogens with one attached hydrogen (secondary N) is 2. The summed E-state index contributed by atoms with van der Waals surface area (Å²) >= 11 is 13.7. The summed E-state index contributed by atoms with van der Waals surface area (Å²) in [5.74, 6) is -0.0904. The van der Waals surface area contributed by atoms with E-state index in [-0.39, 0.29) is 5.70 Å². The SMILES string of the molecule is O=C(N/N=C\c1ccc(-c2cc(Cl)ccc2Cl)o1)/C(=C/c1cccs1)NC(=O)c1ccccc1. The quantitative estimate of drug-likeness (QED) is 0.176. The normalized spacial score (nSPS) is 11.5. The highest BCUT2D eigenvalue weighted by atomic mass is 35.5. The molecule has 34 heavy (non-hydrogen) atoms. The average molecular weight is 510 g/mol. The van der Waals surface area contributed by atoms with Crippen LogP contribution in [0.2, 0.25) is 10.0 Å². The third-order valence-electron chi connectivity index (χ3n) is 4.54. The second-order valence-electron chi connectivity index (χ2n) is 6.92. The van der Waals surface area contributed by atoms with E-state index < -0.39 is 11.8 Å². The lowest BCUT2D eigenvalue weighted by molar-refractivity contribution is -0.117. The third kappa shape index (κ3) is 6.02. The van der Waals surface area contributed by atoms with Gasteiger partial charge in [0.1, 0.15) is 17.2 Å². The first-order valence-corrected chi connectivity index (χ1v) is 11.6. The molecule has 2 aromatic carbocycles. The van der Waals surface area contributed by atoms with Gasteiger partial charge in [-0.05, 0) is 60.0 Å². The minimum atomic E-state index is -0.585. The van der Waals surface area contributed by atoms with E-state index in [0.29, 0.717) is 32.7 Å². The fraction of sp³-hybridized carbons (Fsp3) is 0. The van der Waals surface area contributed by atoms with Crippen LogP contribution >= 0.6 is 34.5 Å². The molecule has 0 spiro atoms. The largest absolute Gasteiger partial charge is 0.455 e. The summed E-state index contributed by atoms with van der Waals surface area (Å²) in [5.41, 5.74) is 3.54. The summed E-state index contributed by atoms with van der Waals surface area (Å²) < 4.78 is 5.73. The zero-order chi connectivity index (χ0) is 23.9. The van der Waals surface area contributed by atoms with Crippen LogP contribution in [0.25, 0.3) is 17.4 Å². The van der Waals surface area contributed by atoms with Gasteiger partial charge in [-0.3, -0.25) is 9.59 Å². The number of benzene rings is 2. The molecule has 0 unspecified atom stereocenters. The molecule has 6 nitrogen and oxygen atoms in total. The molecule has 0 saturated carbocycles. The van der Waals surface area contributed by atoms with Crippen LogP contribution in [0.15, 0.2) is 93.4 Å². The zero-order valence-electron chi connectivity index (χ0n) is 17.5. The Morgan fingerprint density at radius 3 is 2.56 bits per heavy atom. The second-order valence-corrected chi connectivity index (χ2v) is 8.74. The van der Waals surface area contributed by atoms with Gasteiger partial charge in [-0.1, -0.05) is 47.5 Å². The molecule has 4 aromatic rings. The van der Waals surface area contributed by atoms with E-state index in [1.165, 1.54) is 17.6 Å². The van der Waals surface area contributed by atoms with Crippen LogP contribution in [-0.4, -0.2) is 18.0 Å². The molecule has 2 amide bonds. The van der Waals surface area contributed by atoms with Crippen molar-refractivity contribution >= 4 is 58.6 Å². The number of hydrazone groups is 1. The van der Waals surface area contributed by atoms with Crippen molar-refractivity contribution in [3.63, 3.8) is 0 Å². The van der Waals surface area contributed by atoms with Gasteiger partial charge in [0.2, 0.25) is 0 Å². The van der Waals surface area contributed by atoms with E-state index in [2.05, 4.69) is 15.8 Å². The van der Waals surface area contributed by atoms with E-state index in [1.54, 1.807) is 66.7 Å². The van der Waals surface area contributed by atoms with Gasteiger partial charge in [-0.25, -0.2) is 5.43 Å². The van der Waals surface area contributed by atoms with Gasteiger partial charge in [-0.2, -0.15) is 5.10 Å². The van der Waals surface area contributed by atoms with Gasteiger partial charge >= 0.3 is 0 Å². The smallest absolute Gasteiger partial charge is 0.287 e. The number of hydrogen-bond donors (Lipinski definition) is 2. The Morgan fingerprint density at radius 1 is 0.971 bits per heavy atom. The summed E-state index contributed by atoms with van der Waals surface area (Å²) in [5, 5.41) is 9.50. The Kier molecular flexibility index (Phi) is 7.59. The Hall–Kier alpha value is -3.65. The number of thiophene rings is 1. The number of furan rings is 1. The molecular weight excluding hydrogens is 493 g/mol. The van der Waals surface area contributed by atoms with Crippen LogP contribution in [0, 0.1) is 0 Å². The van der Waals surface area contributed by atoms with Crippen molar-refractivity contribution in [2.45, 2.75) is 0 Å². The Labute approximate surface area is 209 Å². The predicted octanol–water partition coefficient (Wildman–Crippen LogP) is 6.24. The topological polar surface area (TPSA) is 83.7 Å². The third-order valence-corrected chi connectivity index (χ3v) is 5.92. The van der Waals surface area contributed by atoms with Gasteiger partial charge in [0, 0.05) is 21.0 Å². The van der Waals surface area contributed by atoms with E-state index in [4.69, 9.17) is 27.6 Å². The van der Waals surface area contributed by atoms with Crippen molar-refractivity contribution in [2.24, 2.45) is 5.10 Å². The minimum absolute atomic E-state index is 0.0549. The first kappa shape index (κ1) is 23.5. The number of rotatable bonds is 7. The Morgan fingerprint density at radius 2 is 1.79 bits per heavy atom. The highest BCUT2D eigenvalue weighted by molar-refractivity contribution is 7.10. The van der Waals surface area contributed by atoms with Crippen LogP contribution in [0.1, 0.15) is 21.0 Å². The number of carbonyl (C=O) groups excluding carboxylic acids is 2. The molecule has 9 heteroatoms. The van der Waals surface area contributed by atoms with Gasteiger partial charge in [0.15, 0.2) is 0 Å². The maximum absolute atomic E-state index is 12.8. The van der Waals surface area contributed by atoms with Crippen LogP contribution in [-0.2, 0) is 4.79 Å². The first-order chi connectivity index (χ1) is 16.5.